The van der Waals surface area contributed by atoms with Crippen molar-refractivity contribution in [3.63, 3.8) is 0 Å². The lowest BCUT2D eigenvalue weighted by Crippen LogP contribution is -2.55. The van der Waals surface area contributed by atoms with Crippen LogP contribution >= 0.6 is 34.5 Å². The van der Waals surface area contributed by atoms with Gasteiger partial charge in [-0.1, -0.05) is 77.8 Å². The Bertz CT molecular complexity index is 2960. The molecule has 1 aromatic heterocycles. The Morgan fingerprint density at radius 2 is 1.62 bits per heavy atom. The number of amides is 2. The van der Waals surface area contributed by atoms with Gasteiger partial charge < -0.3 is 30.0 Å². The van der Waals surface area contributed by atoms with Gasteiger partial charge in [-0.05, 0) is 101 Å². The van der Waals surface area contributed by atoms with Gasteiger partial charge in [0.15, 0.2) is 27.8 Å². The number of nitrogens with zero attached hydrogens (tertiary/aromatic N) is 3. The van der Waals surface area contributed by atoms with Crippen molar-refractivity contribution < 1.29 is 42.1 Å². The van der Waals surface area contributed by atoms with Crippen molar-refractivity contribution in [1.29, 1.82) is 5.26 Å². The van der Waals surface area contributed by atoms with Crippen LogP contribution in [-0.4, -0.2) is 59.3 Å². The lowest BCUT2D eigenvalue weighted by Gasteiger charge is -2.36. The maximum atomic E-state index is 14.6. The lowest BCUT2D eigenvalue weighted by atomic mass is 9.94. The Kier molecular flexibility index (Phi) is 13.1. The fourth-order valence-corrected chi connectivity index (χ4v) is 10.7. The minimum absolute atomic E-state index is 0.0693. The number of hydrogen-bond acceptors (Lipinski definition) is 11. The summed E-state index contributed by atoms with van der Waals surface area (Å²) in [5.41, 5.74) is 5.66. The molecule has 65 heavy (non-hydrogen) atoms. The van der Waals surface area contributed by atoms with E-state index in [1.54, 1.807) is 55.5 Å². The number of halogens is 2. The number of carbonyl (C=O) groups is 3. The number of hydrogen-bond donors (Lipinski definition) is 3. The molecule has 0 saturated heterocycles. The second-order valence-electron chi connectivity index (χ2n) is 15.4. The first-order valence-corrected chi connectivity index (χ1v) is 23.2. The standard InChI is InChI=1S/C47H39Cl2N5O9S2/c1-26-45(53-47(64-26)51-27(2)55)65(59,60)54-23-35-21-42-41(62-25-43(63-42)33-12-14-36(15-13-33)61-24-30-7-16-37(48)38(49)17-30)20-34(35)19-40(54)44(56)52-39(46(57)58)18-28-3-8-31(9-4-28)32-10-5-29(22-50)6-11-32/h3-17,20-21,39-40,43H,18-19,23-25H2,1-2H3,(H,52,56)(H,57,58)(H,51,53,55)/t39-,40?,43+/m0/s1. The highest BCUT2D eigenvalue weighted by Crippen LogP contribution is 2.42. The average molecular weight is 953 g/mol. The van der Waals surface area contributed by atoms with Crippen LogP contribution in [0, 0.1) is 18.3 Å². The number of sulfonamides is 1. The molecule has 0 bridgehead atoms. The fraction of sp³-hybridized carbons (Fsp3) is 0.213. The zero-order chi connectivity index (χ0) is 46.0. The van der Waals surface area contributed by atoms with Gasteiger partial charge in [-0.15, -0.1) is 11.3 Å². The molecule has 8 rings (SSSR count). The van der Waals surface area contributed by atoms with Gasteiger partial charge in [0.2, 0.25) is 11.8 Å². The highest BCUT2D eigenvalue weighted by molar-refractivity contribution is 7.89. The van der Waals surface area contributed by atoms with Crippen LogP contribution in [0.2, 0.25) is 10.0 Å². The van der Waals surface area contributed by atoms with E-state index in [4.69, 9.17) is 42.7 Å². The molecule has 0 radical (unpaired) electrons. The third-order valence-corrected chi connectivity index (χ3v) is 14.5. The second kappa shape index (κ2) is 18.9. The van der Waals surface area contributed by atoms with Gasteiger partial charge in [-0.3, -0.25) is 9.59 Å². The first-order valence-electron chi connectivity index (χ1n) is 20.2. The molecule has 6 aromatic rings. The summed E-state index contributed by atoms with van der Waals surface area (Å²) >= 11 is 13.2. The normalized spacial score (nSPS) is 16.1. The topological polar surface area (TPSA) is 197 Å². The quantitative estimate of drug-likeness (QED) is 0.101. The number of aromatic nitrogens is 1. The molecule has 3 heterocycles. The van der Waals surface area contributed by atoms with Crippen LogP contribution in [-0.2, 0) is 50.4 Å². The van der Waals surface area contributed by atoms with Crippen LogP contribution in [0.4, 0.5) is 5.13 Å². The lowest BCUT2D eigenvalue weighted by molar-refractivity contribution is -0.142. The van der Waals surface area contributed by atoms with Crippen LogP contribution < -0.4 is 24.8 Å². The van der Waals surface area contributed by atoms with Crippen LogP contribution in [0.3, 0.4) is 0 Å². The number of fused-ring (bicyclic) bond motifs is 2. The number of nitrogens with one attached hydrogen (secondary N) is 2. The molecule has 332 valence electrons. The van der Waals surface area contributed by atoms with Crippen LogP contribution in [0.15, 0.2) is 108 Å². The number of carboxylic acid groups (broad SMARTS) is 1. The highest BCUT2D eigenvalue weighted by atomic mass is 35.5. The molecule has 2 amide bonds. The Morgan fingerprint density at radius 1 is 0.938 bits per heavy atom. The molecule has 1 unspecified atom stereocenters. The Morgan fingerprint density at radius 3 is 2.28 bits per heavy atom. The fourth-order valence-electron chi connectivity index (χ4n) is 7.55. The Hall–Kier alpha value is -6.48. The van der Waals surface area contributed by atoms with Gasteiger partial charge in [0.05, 0.1) is 21.7 Å². The van der Waals surface area contributed by atoms with Crippen molar-refractivity contribution in [1.82, 2.24) is 14.6 Å². The van der Waals surface area contributed by atoms with Crippen molar-refractivity contribution in [3.8, 4) is 34.4 Å². The molecule has 2 aliphatic heterocycles. The van der Waals surface area contributed by atoms with Crippen molar-refractivity contribution in [2.24, 2.45) is 0 Å². The Balaban J connectivity index is 1.03. The molecule has 3 atom stereocenters. The SMILES string of the molecule is CC(=O)Nc1nc(S(=O)(=O)N2Cc3cc4c(cc3CC2C(=O)N[C@@H](Cc2ccc(-c3ccc(C#N)cc3)cc2)C(=O)O)OC[C@H](c2ccc(OCc3ccc(Cl)c(Cl)c3)cc2)O4)c(C)s1. The van der Waals surface area contributed by atoms with Gasteiger partial charge in [-0.25, -0.2) is 18.2 Å². The Labute approximate surface area is 388 Å². The summed E-state index contributed by atoms with van der Waals surface area (Å²) in [4.78, 5) is 43.3. The highest BCUT2D eigenvalue weighted by Gasteiger charge is 2.43. The van der Waals surface area contributed by atoms with E-state index in [0.717, 1.165) is 37.9 Å². The van der Waals surface area contributed by atoms with E-state index in [9.17, 15) is 27.9 Å². The molecule has 5 aromatic carbocycles. The maximum Gasteiger partial charge on any atom is 0.326 e. The van der Waals surface area contributed by atoms with Gasteiger partial charge in [-0.2, -0.15) is 9.57 Å². The number of thiazole rings is 1. The van der Waals surface area contributed by atoms with Gasteiger partial charge in [0, 0.05) is 24.8 Å². The monoisotopic (exact) mass is 951 g/mol. The number of ether oxygens (including phenoxy) is 3. The second-order valence-corrected chi connectivity index (χ2v) is 19.2. The van der Waals surface area contributed by atoms with Crippen molar-refractivity contribution in [2.45, 2.75) is 63.1 Å². The summed E-state index contributed by atoms with van der Waals surface area (Å²) in [6.45, 7) is 2.98. The molecule has 0 saturated carbocycles. The largest absolute Gasteiger partial charge is 0.489 e. The molecule has 0 aliphatic carbocycles. The molecule has 18 heteroatoms. The number of rotatable bonds is 13. The van der Waals surface area contributed by atoms with E-state index in [1.165, 1.54) is 6.92 Å². The van der Waals surface area contributed by atoms with E-state index in [-0.39, 0.29) is 47.6 Å². The minimum Gasteiger partial charge on any atom is -0.489 e. The van der Waals surface area contributed by atoms with E-state index >= 15 is 0 Å². The number of benzene rings is 5. The third kappa shape index (κ3) is 10.1. The van der Waals surface area contributed by atoms with E-state index in [2.05, 4.69) is 21.7 Å². The minimum atomic E-state index is -4.54. The first kappa shape index (κ1) is 45.1. The average Bonchev–Trinajstić information content (AvgIpc) is 3.67. The van der Waals surface area contributed by atoms with Gasteiger partial charge >= 0.3 is 5.97 Å². The number of nitriles is 1. The van der Waals surface area contributed by atoms with Gasteiger partial charge in [0.1, 0.15) is 31.0 Å². The summed E-state index contributed by atoms with van der Waals surface area (Å²) in [6, 6.07) is 29.5. The molecule has 2 aliphatic rings. The summed E-state index contributed by atoms with van der Waals surface area (Å²) in [7, 11) is -4.54. The van der Waals surface area contributed by atoms with Crippen LogP contribution in [0.25, 0.3) is 11.1 Å². The number of carboxylic acids is 1. The van der Waals surface area contributed by atoms with E-state index < -0.39 is 46.0 Å². The van der Waals surface area contributed by atoms with Crippen molar-refractivity contribution in [2.75, 3.05) is 11.9 Å². The smallest absolute Gasteiger partial charge is 0.326 e. The first-order chi connectivity index (χ1) is 31.1. The third-order valence-electron chi connectivity index (χ3n) is 10.9. The number of aryl methyl sites for hydroxylation is 1. The number of anilines is 1. The zero-order valence-electron chi connectivity index (χ0n) is 34.7. The number of carbonyl (C=O) groups excluding carboxylic acids is 2. The molecule has 3 N–H and O–H groups in total. The van der Waals surface area contributed by atoms with Crippen molar-refractivity contribution in [3.05, 3.63) is 151 Å². The maximum absolute atomic E-state index is 14.6. The van der Waals surface area contributed by atoms with Gasteiger partial charge in [0.25, 0.3) is 10.0 Å². The summed E-state index contributed by atoms with van der Waals surface area (Å²) in [5.74, 6) is -1.18. The zero-order valence-corrected chi connectivity index (χ0v) is 37.9. The molecule has 0 fully saturated rings. The van der Waals surface area contributed by atoms with E-state index in [0.29, 0.717) is 49.5 Å². The molecular weight excluding hydrogens is 914 g/mol. The van der Waals surface area contributed by atoms with Crippen LogP contribution in [0.5, 0.6) is 17.2 Å². The molecule has 0 spiro atoms. The summed E-state index contributed by atoms with van der Waals surface area (Å²) < 4.78 is 48.8. The van der Waals surface area contributed by atoms with Crippen LogP contribution in [0.1, 0.15) is 51.3 Å². The predicted molar refractivity (Wildman–Crippen MR) is 244 cm³/mol. The summed E-state index contributed by atoms with van der Waals surface area (Å²) in [6.07, 6.45) is -0.737. The van der Waals surface area contributed by atoms with E-state index in [1.807, 2.05) is 54.6 Å². The molecule has 14 nitrogen and oxygen atoms in total. The molecular formula is C47H39Cl2N5O9S2. The predicted octanol–water partition coefficient (Wildman–Crippen LogP) is 8.27. The number of aliphatic carboxylic acids is 1. The van der Waals surface area contributed by atoms with Crippen molar-refractivity contribution >= 4 is 67.5 Å². The summed E-state index contributed by atoms with van der Waals surface area (Å²) in [5, 5.41) is 25.2.